The van der Waals surface area contributed by atoms with Crippen molar-refractivity contribution in [2.45, 2.75) is 25.3 Å². The smallest absolute Gasteiger partial charge is 0.223 e. The van der Waals surface area contributed by atoms with Crippen LogP contribution in [0.2, 0.25) is 0 Å². The molecular weight excluding hydrogens is 318 g/mol. The number of nitrogens with two attached hydrogens (primary N) is 1. The second-order valence-corrected chi connectivity index (χ2v) is 6.17. The summed E-state index contributed by atoms with van der Waals surface area (Å²) in [6.07, 6.45) is 5.65. The van der Waals surface area contributed by atoms with Crippen LogP contribution in [0.15, 0.2) is 41.5 Å². The minimum Gasteiger partial charge on any atom is -0.383 e. The first kappa shape index (κ1) is 14.1. The van der Waals surface area contributed by atoms with Crippen molar-refractivity contribution in [1.82, 2.24) is 29.9 Å². The second-order valence-electron chi connectivity index (χ2n) is 6.17. The summed E-state index contributed by atoms with van der Waals surface area (Å²) in [5.41, 5.74) is 10.1. The van der Waals surface area contributed by atoms with Crippen LogP contribution in [0.25, 0.3) is 22.6 Å². The fourth-order valence-electron chi connectivity index (χ4n) is 3.57. The largest absolute Gasteiger partial charge is 0.383 e. The van der Waals surface area contributed by atoms with Crippen molar-refractivity contribution in [2.75, 3.05) is 5.73 Å². The summed E-state index contributed by atoms with van der Waals surface area (Å²) >= 11 is 0. The van der Waals surface area contributed by atoms with Gasteiger partial charge in [0.2, 0.25) is 12.2 Å². The molecule has 5 rings (SSSR count). The van der Waals surface area contributed by atoms with Crippen LogP contribution in [0.1, 0.15) is 23.6 Å². The summed E-state index contributed by atoms with van der Waals surface area (Å²) in [6, 6.07) is 8.74. The van der Waals surface area contributed by atoms with Crippen LogP contribution in [0.4, 0.5) is 5.82 Å². The van der Waals surface area contributed by atoms with Crippen molar-refractivity contribution in [1.29, 1.82) is 0 Å². The van der Waals surface area contributed by atoms with E-state index in [1.165, 1.54) is 23.8 Å². The lowest BCUT2D eigenvalue weighted by molar-refractivity contribution is 0.411. The minimum absolute atomic E-state index is 0.201. The molecule has 0 saturated carbocycles. The molecule has 8 nitrogen and oxygen atoms in total. The highest BCUT2D eigenvalue weighted by atomic mass is 16.5. The van der Waals surface area contributed by atoms with Crippen molar-refractivity contribution < 1.29 is 4.52 Å². The Labute approximate surface area is 142 Å². The van der Waals surface area contributed by atoms with Crippen LogP contribution in [0, 0.1) is 0 Å². The van der Waals surface area contributed by atoms with Gasteiger partial charge in [0.25, 0.3) is 0 Å². The SMILES string of the molecule is Nc1ncnc2c1c(-c1ncon1)nn2C1CCc2ccccc2C1. The molecule has 0 fully saturated rings. The van der Waals surface area contributed by atoms with Gasteiger partial charge < -0.3 is 10.3 Å². The number of nitrogens with zero attached hydrogens (tertiary/aromatic N) is 6. The summed E-state index contributed by atoms with van der Waals surface area (Å²) in [4.78, 5) is 12.6. The standard InChI is InChI=1S/C17H15N7O/c18-15-13-14(16-21-9-25-23-16)22-24(17(13)20-8-19-15)12-6-5-10-3-1-2-4-11(10)7-12/h1-4,8-9,12H,5-7H2,(H2,18,19,20). The Bertz CT molecular complexity index is 1050. The number of hydrogen-bond donors (Lipinski definition) is 1. The topological polar surface area (TPSA) is 109 Å². The Hall–Kier alpha value is -3.29. The number of fused-ring (bicyclic) bond motifs is 2. The molecule has 0 radical (unpaired) electrons. The van der Waals surface area contributed by atoms with E-state index < -0.39 is 0 Å². The van der Waals surface area contributed by atoms with Crippen molar-refractivity contribution >= 4 is 16.9 Å². The van der Waals surface area contributed by atoms with E-state index in [2.05, 4.69) is 44.4 Å². The van der Waals surface area contributed by atoms with Crippen molar-refractivity contribution in [3.63, 3.8) is 0 Å². The molecule has 8 heteroatoms. The summed E-state index contributed by atoms with van der Waals surface area (Å²) in [6.45, 7) is 0. The zero-order chi connectivity index (χ0) is 16.8. The molecule has 0 bridgehead atoms. The molecule has 1 aliphatic carbocycles. The maximum atomic E-state index is 6.09. The highest BCUT2D eigenvalue weighted by Crippen LogP contribution is 2.34. The van der Waals surface area contributed by atoms with Gasteiger partial charge in [-0.05, 0) is 30.4 Å². The summed E-state index contributed by atoms with van der Waals surface area (Å²) in [5.74, 6) is 0.758. The Balaban J connectivity index is 1.67. The predicted molar refractivity (Wildman–Crippen MR) is 90.5 cm³/mol. The van der Waals surface area contributed by atoms with Crippen molar-refractivity contribution in [2.24, 2.45) is 0 Å². The Kier molecular flexibility index (Phi) is 3.03. The van der Waals surface area contributed by atoms with Crippen LogP contribution in [-0.2, 0) is 12.8 Å². The lowest BCUT2D eigenvalue weighted by Gasteiger charge is -2.25. The first-order chi connectivity index (χ1) is 12.3. The highest BCUT2D eigenvalue weighted by molar-refractivity contribution is 5.96. The minimum atomic E-state index is 0.201. The highest BCUT2D eigenvalue weighted by Gasteiger charge is 2.26. The van der Waals surface area contributed by atoms with E-state index in [0.29, 0.717) is 28.4 Å². The molecule has 1 aliphatic rings. The number of rotatable bonds is 2. The second kappa shape index (κ2) is 5.37. The zero-order valence-corrected chi connectivity index (χ0v) is 13.3. The molecular formula is C17H15N7O. The molecule has 1 atom stereocenters. The molecule has 0 spiro atoms. The van der Waals surface area contributed by atoms with Gasteiger partial charge in [-0.25, -0.2) is 14.6 Å². The molecule has 2 N–H and O–H groups in total. The monoisotopic (exact) mass is 333 g/mol. The molecule has 25 heavy (non-hydrogen) atoms. The maximum absolute atomic E-state index is 6.09. The fraction of sp³-hybridized carbons (Fsp3) is 0.235. The number of aryl methyl sites for hydroxylation is 1. The molecule has 0 saturated heterocycles. The third-order valence-corrected chi connectivity index (χ3v) is 4.76. The molecule has 1 unspecified atom stereocenters. The van der Waals surface area contributed by atoms with Crippen LogP contribution in [0.3, 0.4) is 0 Å². The molecule has 0 amide bonds. The lowest BCUT2D eigenvalue weighted by atomic mass is 9.88. The average molecular weight is 333 g/mol. The molecule has 0 aliphatic heterocycles. The number of benzene rings is 1. The fourth-order valence-corrected chi connectivity index (χ4v) is 3.57. The first-order valence-electron chi connectivity index (χ1n) is 8.13. The van der Waals surface area contributed by atoms with E-state index in [9.17, 15) is 0 Å². The van der Waals surface area contributed by atoms with Crippen LogP contribution >= 0.6 is 0 Å². The van der Waals surface area contributed by atoms with E-state index in [4.69, 9.17) is 15.4 Å². The van der Waals surface area contributed by atoms with Gasteiger partial charge in [0.1, 0.15) is 17.8 Å². The predicted octanol–water partition coefficient (Wildman–Crippen LogP) is 2.19. The van der Waals surface area contributed by atoms with Crippen LogP contribution in [-0.4, -0.2) is 29.9 Å². The quantitative estimate of drug-likeness (QED) is 0.599. The molecule has 1 aromatic carbocycles. The Morgan fingerprint density at radius 2 is 2.00 bits per heavy atom. The molecule has 4 aromatic rings. The van der Waals surface area contributed by atoms with E-state index in [1.807, 2.05) is 4.68 Å². The van der Waals surface area contributed by atoms with Gasteiger partial charge >= 0.3 is 0 Å². The summed E-state index contributed by atoms with van der Waals surface area (Å²) in [5, 5.41) is 9.31. The number of nitrogen functional groups attached to an aromatic ring is 1. The Morgan fingerprint density at radius 1 is 1.12 bits per heavy atom. The van der Waals surface area contributed by atoms with Crippen molar-refractivity contribution in [3.05, 3.63) is 48.1 Å². The molecule has 3 heterocycles. The molecule has 3 aromatic heterocycles. The number of anilines is 1. The maximum Gasteiger partial charge on any atom is 0.223 e. The zero-order valence-electron chi connectivity index (χ0n) is 13.3. The normalized spacial score (nSPS) is 16.9. The van der Waals surface area contributed by atoms with Gasteiger partial charge in [-0.2, -0.15) is 10.1 Å². The summed E-state index contributed by atoms with van der Waals surface area (Å²) < 4.78 is 6.81. The van der Waals surface area contributed by atoms with E-state index in [0.717, 1.165) is 19.3 Å². The van der Waals surface area contributed by atoms with E-state index >= 15 is 0 Å². The first-order valence-corrected chi connectivity index (χ1v) is 8.13. The average Bonchev–Trinajstić information content (AvgIpc) is 3.29. The third kappa shape index (κ3) is 2.18. The van der Waals surface area contributed by atoms with Crippen LogP contribution in [0.5, 0.6) is 0 Å². The number of aromatic nitrogens is 6. The van der Waals surface area contributed by atoms with Gasteiger partial charge in [-0.3, -0.25) is 0 Å². The van der Waals surface area contributed by atoms with Gasteiger partial charge in [0, 0.05) is 0 Å². The van der Waals surface area contributed by atoms with Crippen LogP contribution < -0.4 is 5.73 Å². The van der Waals surface area contributed by atoms with E-state index in [1.54, 1.807) is 0 Å². The number of hydrogen-bond acceptors (Lipinski definition) is 7. The Morgan fingerprint density at radius 3 is 2.84 bits per heavy atom. The molecule has 124 valence electrons. The van der Waals surface area contributed by atoms with Gasteiger partial charge in [-0.1, -0.05) is 29.4 Å². The van der Waals surface area contributed by atoms with Gasteiger partial charge in [0.05, 0.1) is 11.4 Å². The van der Waals surface area contributed by atoms with Gasteiger partial charge in [0.15, 0.2) is 5.65 Å². The van der Waals surface area contributed by atoms with E-state index in [-0.39, 0.29) is 6.04 Å². The summed E-state index contributed by atoms with van der Waals surface area (Å²) in [7, 11) is 0. The van der Waals surface area contributed by atoms with Crippen molar-refractivity contribution in [3.8, 4) is 11.5 Å². The third-order valence-electron chi connectivity index (χ3n) is 4.76. The van der Waals surface area contributed by atoms with Gasteiger partial charge in [-0.15, -0.1) is 0 Å². The lowest BCUT2D eigenvalue weighted by Crippen LogP contribution is -2.20.